The number of hydrogen-bond acceptors (Lipinski definition) is 10. The van der Waals surface area contributed by atoms with E-state index in [-0.39, 0.29) is 29.2 Å². The van der Waals surface area contributed by atoms with E-state index in [1.54, 1.807) is 26.2 Å². The van der Waals surface area contributed by atoms with Crippen LogP contribution in [0.4, 0.5) is 10.9 Å². The molecule has 0 saturated carbocycles. The molecule has 216 valence electrons. The maximum Gasteiger partial charge on any atom is 0.350 e. The monoisotopic (exact) mass is 607 g/mol. The van der Waals surface area contributed by atoms with Gasteiger partial charge in [0, 0.05) is 38.3 Å². The Morgan fingerprint density at radius 3 is 2.62 bits per heavy atom. The maximum absolute atomic E-state index is 13.0. The molecule has 10 nitrogen and oxygen atoms in total. The van der Waals surface area contributed by atoms with Crippen molar-refractivity contribution in [1.29, 1.82) is 0 Å². The fraction of sp³-hybridized carbons (Fsp3) is 0.519. The number of likely N-dealkylation sites (N-methyl/N-ethyl adjacent to an activating group) is 1. The van der Waals surface area contributed by atoms with Gasteiger partial charge in [-0.05, 0) is 46.2 Å². The number of carbonyl (C=O) groups excluding carboxylic acids is 2. The number of nitrogens with one attached hydrogen (secondary N) is 2. The van der Waals surface area contributed by atoms with Gasteiger partial charge in [0.05, 0.1) is 29.0 Å². The van der Waals surface area contributed by atoms with Gasteiger partial charge in [0.15, 0.2) is 10.9 Å². The fourth-order valence-electron chi connectivity index (χ4n) is 4.68. The second kappa shape index (κ2) is 13.3. The number of aromatic amines is 1. The van der Waals surface area contributed by atoms with Gasteiger partial charge in [-0.1, -0.05) is 41.5 Å². The lowest BCUT2D eigenvalue weighted by molar-refractivity contribution is 0.0532. The summed E-state index contributed by atoms with van der Waals surface area (Å²) in [6.07, 6.45) is 4.45. The van der Waals surface area contributed by atoms with Crippen LogP contribution in [0.5, 0.6) is 0 Å². The van der Waals surface area contributed by atoms with Gasteiger partial charge in [-0.2, -0.15) is 0 Å². The molecule has 2 atom stereocenters. The zero-order chi connectivity index (χ0) is 29.0. The molecule has 0 bridgehead atoms. The first-order valence-electron chi connectivity index (χ1n) is 13.3. The number of ketones is 1. The number of Topliss-reactive ketones (excluding diaryl/α,β-unsaturated/α-hetero) is 1. The highest BCUT2D eigenvalue weighted by molar-refractivity contribution is 7.17. The average molecular weight is 609 g/mol. The maximum atomic E-state index is 13.0. The Kier molecular flexibility index (Phi) is 10.0. The number of ether oxygens (including phenoxy) is 1. The Labute approximate surface area is 248 Å². The predicted molar refractivity (Wildman–Crippen MR) is 160 cm³/mol. The van der Waals surface area contributed by atoms with Crippen LogP contribution in [0.2, 0.25) is 10.0 Å². The van der Waals surface area contributed by atoms with Crippen LogP contribution in [-0.4, -0.2) is 83.5 Å². The molecule has 0 radical (unpaired) electrons. The molecule has 4 heterocycles. The minimum atomic E-state index is -0.429. The van der Waals surface area contributed by atoms with E-state index in [0.29, 0.717) is 58.0 Å². The van der Waals surface area contributed by atoms with Crippen molar-refractivity contribution in [3.05, 3.63) is 38.7 Å². The lowest BCUT2D eigenvalue weighted by Gasteiger charge is -2.36. The molecule has 1 aliphatic heterocycles. The van der Waals surface area contributed by atoms with Crippen molar-refractivity contribution in [3.8, 4) is 11.4 Å². The molecular formula is C27H35Cl2N7O3S. The highest BCUT2D eigenvalue weighted by Gasteiger charge is 2.32. The standard InChI is InChI=1S/C27H35Cl2N7O3S/c1-6-39-26(38)25-23(18-12-32-20(13-31-18)30-8-10-35(4)5)34-27(40-25)36-9-7-17(15(2)14-36)11-19(37)24-22(29)21(28)16(3)33-24/h12-13,15,17,33H,6-11,14H2,1-5H3,(H,30,32)/t15-,17-/m0/s1. The number of H-pyrrole nitrogens is 1. The van der Waals surface area contributed by atoms with Crippen molar-refractivity contribution in [1.82, 2.24) is 24.8 Å². The summed E-state index contributed by atoms with van der Waals surface area (Å²) in [7, 11) is 4.01. The molecule has 0 aliphatic carbocycles. The van der Waals surface area contributed by atoms with E-state index in [2.05, 4.69) is 37.0 Å². The Hall–Kier alpha value is -2.73. The molecule has 4 rings (SSSR count). The van der Waals surface area contributed by atoms with Gasteiger partial charge >= 0.3 is 5.97 Å². The lowest BCUT2D eigenvalue weighted by Crippen LogP contribution is -2.40. The van der Waals surface area contributed by atoms with Crippen molar-refractivity contribution in [2.24, 2.45) is 11.8 Å². The summed E-state index contributed by atoms with van der Waals surface area (Å²) in [5.74, 6) is 0.590. The first-order chi connectivity index (χ1) is 19.1. The largest absolute Gasteiger partial charge is 0.462 e. The number of carbonyl (C=O) groups is 2. The van der Waals surface area contributed by atoms with E-state index in [9.17, 15) is 9.59 Å². The summed E-state index contributed by atoms with van der Waals surface area (Å²) >= 11 is 13.7. The number of anilines is 2. The third-order valence-electron chi connectivity index (χ3n) is 6.97. The van der Waals surface area contributed by atoms with Gasteiger partial charge in [-0.15, -0.1) is 0 Å². The number of esters is 1. The molecule has 1 fully saturated rings. The summed E-state index contributed by atoms with van der Waals surface area (Å²) in [6, 6.07) is 0. The van der Waals surface area contributed by atoms with E-state index in [1.165, 1.54) is 11.3 Å². The Morgan fingerprint density at radius 2 is 2.02 bits per heavy atom. The van der Waals surface area contributed by atoms with Crippen LogP contribution in [0, 0.1) is 18.8 Å². The lowest BCUT2D eigenvalue weighted by atomic mass is 9.83. The number of piperidine rings is 1. The molecule has 1 saturated heterocycles. The van der Waals surface area contributed by atoms with E-state index in [1.807, 2.05) is 14.1 Å². The Morgan fingerprint density at radius 1 is 1.25 bits per heavy atom. The number of aromatic nitrogens is 4. The van der Waals surface area contributed by atoms with Gasteiger partial charge in [0.25, 0.3) is 0 Å². The van der Waals surface area contributed by atoms with Gasteiger partial charge in [0.2, 0.25) is 0 Å². The van der Waals surface area contributed by atoms with E-state index in [0.717, 1.165) is 24.6 Å². The number of thiazole rings is 1. The smallest absolute Gasteiger partial charge is 0.350 e. The minimum absolute atomic E-state index is 0.0374. The zero-order valence-corrected chi connectivity index (χ0v) is 25.7. The third-order valence-corrected chi connectivity index (χ3v) is 9.01. The van der Waals surface area contributed by atoms with E-state index < -0.39 is 5.97 Å². The van der Waals surface area contributed by atoms with Crippen LogP contribution in [-0.2, 0) is 4.74 Å². The Bertz CT molecular complexity index is 1340. The molecule has 40 heavy (non-hydrogen) atoms. The van der Waals surface area contributed by atoms with Crippen LogP contribution in [0.25, 0.3) is 11.4 Å². The number of hydrogen-bond donors (Lipinski definition) is 2. The highest BCUT2D eigenvalue weighted by atomic mass is 35.5. The zero-order valence-electron chi connectivity index (χ0n) is 23.4. The molecule has 13 heteroatoms. The second-order valence-corrected chi connectivity index (χ2v) is 12.0. The quantitative estimate of drug-likeness (QED) is 0.217. The first kappa shape index (κ1) is 30.2. The molecule has 1 aliphatic rings. The van der Waals surface area contributed by atoms with Gasteiger partial charge in [-0.3, -0.25) is 4.79 Å². The van der Waals surface area contributed by atoms with Crippen LogP contribution in [0.3, 0.4) is 0 Å². The summed E-state index contributed by atoms with van der Waals surface area (Å²) in [5.41, 5.74) is 2.04. The molecular weight excluding hydrogens is 573 g/mol. The highest BCUT2D eigenvalue weighted by Crippen LogP contribution is 2.37. The minimum Gasteiger partial charge on any atom is -0.462 e. The van der Waals surface area contributed by atoms with Crippen molar-refractivity contribution >= 4 is 57.2 Å². The van der Waals surface area contributed by atoms with Gasteiger partial charge in [0.1, 0.15) is 27.8 Å². The van der Waals surface area contributed by atoms with E-state index in [4.69, 9.17) is 32.9 Å². The summed E-state index contributed by atoms with van der Waals surface area (Å²) in [4.78, 5) is 47.3. The van der Waals surface area contributed by atoms with Crippen LogP contribution in [0.15, 0.2) is 12.4 Å². The van der Waals surface area contributed by atoms with Crippen molar-refractivity contribution in [3.63, 3.8) is 0 Å². The number of aryl methyl sites for hydroxylation is 1. The summed E-state index contributed by atoms with van der Waals surface area (Å²) in [5, 5.41) is 4.64. The SMILES string of the molecule is CCOC(=O)c1sc(N2CC[C@@H](CC(=O)c3[nH]c(C)c(Cl)c3Cl)[C@@H](C)C2)nc1-c1cnc(NCCN(C)C)cn1. The third kappa shape index (κ3) is 6.94. The molecule has 0 spiro atoms. The van der Waals surface area contributed by atoms with Crippen molar-refractivity contribution in [2.75, 3.05) is 57.1 Å². The van der Waals surface area contributed by atoms with Crippen LogP contribution < -0.4 is 10.2 Å². The summed E-state index contributed by atoms with van der Waals surface area (Å²) < 4.78 is 5.32. The van der Waals surface area contributed by atoms with Gasteiger partial charge in [-0.25, -0.2) is 19.7 Å². The molecule has 0 aromatic carbocycles. The second-order valence-electron chi connectivity index (χ2n) is 10.3. The average Bonchev–Trinajstić information content (AvgIpc) is 3.48. The normalized spacial score (nSPS) is 17.4. The van der Waals surface area contributed by atoms with Crippen molar-refractivity contribution in [2.45, 2.75) is 33.6 Å². The number of nitrogens with zero attached hydrogens (tertiary/aromatic N) is 5. The molecule has 3 aromatic rings. The molecule has 3 aromatic heterocycles. The fourth-order valence-corrected chi connectivity index (χ4v) is 6.12. The molecule has 0 unspecified atom stereocenters. The number of halogens is 2. The van der Waals surface area contributed by atoms with Crippen molar-refractivity contribution < 1.29 is 14.3 Å². The topological polar surface area (TPSA) is 116 Å². The molecule has 0 amide bonds. The Balaban J connectivity index is 1.48. The molecule has 2 N–H and O–H groups in total. The predicted octanol–water partition coefficient (Wildman–Crippen LogP) is 5.43. The number of rotatable bonds is 11. The van der Waals surface area contributed by atoms with Crippen LogP contribution in [0.1, 0.15) is 52.5 Å². The van der Waals surface area contributed by atoms with Crippen LogP contribution >= 0.6 is 34.5 Å². The van der Waals surface area contributed by atoms with E-state index >= 15 is 0 Å². The first-order valence-corrected chi connectivity index (χ1v) is 14.9. The summed E-state index contributed by atoms with van der Waals surface area (Å²) in [6.45, 7) is 8.97. The van der Waals surface area contributed by atoms with Gasteiger partial charge < -0.3 is 24.8 Å².